The van der Waals surface area contributed by atoms with Gasteiger partial charge in [0.1, 0.15) is 10.6 Å². The third kappa shape index (κ3) is 1.42. The molecule has 0 unspecified atom stereocenters. The Morgan fingerprint density at radius 1 is 1.39 bits per heavy atom. The molecule has 0 bridgehead atoms. The van der Waals surface area contributed by atoms with Gasteiger partial charge in [-0.1, -0.05) is 11.3 Å². The van der Waals surface area contributed by atoms with E-state index in [1.165, 1.54) is 22.2 Å². The molecule has 0 amide bonds. The first-order valence-electron chi connectivity index (χ1n) is 5.21. The molecule has 0 saturated heterocycles. The van der Waals surface area contributed by atoms with Gasteiger partial charge in [-0.15, -0.1) is 10.2 Å². The summed E-state index contributed by atoms with van der Waals surface area (Å²) in [6.45, 7) is 1.84. The van der Waals surface area contributed by atoms with Gasteiger partial charge in [0.05, 0.1) is 18.1 Å². The predicted molar refractivity (Wildman–Crippen MR) is 68.5 cm³/mol. The molecule has 92 valence electrons. The lowest BCUT2D eigenvalue weighted by atomic mass is 10.3. The summed E-state index contributed by atoms with van der Waals surface area (Å²) in [5, 5.41) is 9.31. The fourth-order valence-corrected chi connectivity index (χ4v) is 2.50. The fourth-order valence-electron chi connectivity index (χ4n) is 1.78. The molecule has 0 aliphatic rings. The van der Waals surface area contributed by atoms with Gasteiger partial charge in [-0.25, -0.2) is 14.2 Å². The highest BCUT2D eigenvalue weighted by Crippen LogP contribution is 2.23. The Hall–Kier alpha value is -2.22. The van der Waals surface area contributed by atoms with Gasteiger partial charge >= 0.3 is 0 Å². The number of fused-ring (bicyclic) bond motifs is 1. The van der Waals surface area contributed by atoms with Crippen molar-refractivity contribution in [2.24, 2.45) is 7.05 Å². The zero-order valence-electron chi connectivity index (χ0n) is 9.78. The van der Waals surface area contributed by atoms with Crippen molar-refractivity contribution in [3.8, 4) is 10.6 Å². The van der Waals surface area contributed by atoms with Gasteiger partial charge in [0.25, 0.3) is 5.56 Å². The lowest BCUT2D eigenvalue weighted by Gasteiger charge is -1.99. The molecule has 0 atom stereocenters. The van der Waals surface area contributed by atoms with Crippen molar-refractivity contribution in [2.75, 3.05) is 5.73 Å². The second-order valence-electron chi connectivity index (χ2n) is 3.89. The lowest BCUT2D eigenvalue weighted by molar-refractivity contribution is 0.677. The Balaban J connectivity index is 2.43. The molecule has 0 aliphatic carbocycles. The summed E-state index contributed by atoms with van der Waals surface area (Å²) in [6, 6.07) is 0. The number of rotatable bonds is 1. The number of nitrogens with two attached hydrogens (primary N) is 1. The van der Waals surface area contributed by atoms with Gasteiger partial charge in [-0.2, -0.15) is 0 Å². The predicted octanol–water partition coefficient (Wildman–Crippen LogP) is 0.442. The number of hydrogen-bond acceptors (Lipinski definition) is 6. The van der Waals surface area contributed by atoms with E-state index in [-0.39, 0.29) is 5.56 Å². The molecule has 0 radical (unpaired) electrons. The normalized spacial score (nSPS) is 11.2. The highest BCUT2D eigenvalue weighted by atomic mass is 32.1. The second-order valence-corrected chi connectivity index (χ2v) is 5.07. The molecule has 0 fully saturated rings. The second kappa shape index (κ2) is 3.64. The van der Waals surface area contributed by atoms with Crippen molar-refractivity contribution in [3.63, 3.8) is 0 Å². The van der Waals surface area contributed by atoms with E-state index in [9.17, 15) is 4.79 Å². The molecule has 8 heteroatoms. The summed E-state index contributed by atoms with van der Waals surface area (Å²) >= 11 is 1.37. The number of aryl methyl sites for hydroxylation is 2. The van der Waals surface area contributed by atoms with Crippen LogP contribution in [-0.2, 0) is 7.05 Å². The maximum Gasteiger partial charge on any atom is 0.279 e. The van der Waals surface area contributed by atoms with Gasteiger partial charge < -0.3 is 5.73 Å². The summed E-state index contributed by atoms with van der Waals surface area (Å²) in [4.78, 5) is 16.4. The van der Waals surface area contributed by atoms with E-state index in [0.29, 0.717) is 21.9 Å². The minimum Gasteiger partial charge on any atom is -0.396 e. The molecule has 3 aromatic rings. The molecule has 2 N–H and O–H groups in total. The van der Waals surface area contributed by atoms with E-state index >= 15 is 0 Å². The van der Waals surface area contributed by atoms with Crippen LogP contribution in [0.1, 0.15) is 5.01 Å². The van der Waals surface area contributed by atoms with Crippen LogP contribution in [0.15, 0.2) is 17.2 Å². The number of hydrogen-bond donors (Lipinski definition) is 1. The van der Waals surface area contributed by atoms with Crippen molar-refractivity contribution in [3.05, 3.63) is 27.8 Å². The van der Waals surface area contributed by atoms with Gasteiger partial charge in [0.2, 0.25) is 0 Å². The van der Waals surface area contributed by atoms with Crippen LogP contribution in [0.4, 0.5) is 5.69 Å². The standard InChI is InChI=1S/C10H10N6OS/c1-5-13-14-9(18-5)7-8-12-3-6(11)4-16(8)15(2)10(7)17/h3-4H,11H2,1-2H3. The van der Waals surface area contributed by atoms with Crippen molar-refractivity contribution in [2.45, 2.75) is 6.92 Å². The number of aromatic nitrogens is 5. The zero-order chi connectivity index (χ0) is 12.9. The van der Waals surface area contributed by atoms with Crippen LogP contribution < -0.4 is 11.3 Å². The minimum atomic E-state index is -0.163. The van der Waals surface area contributed by atoms with Crippen LogP contribution in [0, 0.1) is 6.92 Å². The lowest BCUT2D eigenvalue weighted by Crippen LogP contribution is -2.16. The molecule has 0 saturated carbocycles. The Morgan fingerprint density at radius 2 is 2.17 bits per heavy atom. The quantitative estimate of drug-likeness (QED) is 0.687. The van der Waals surface area contributed by atoms with Crippen molar-refractivity contribution in [1.82, 2.24) is 24.4 Å². The van der Waals surface area contributed by atoms with E-state index in [4.69, 9.17) is 5.73 Å². The third-order valence-electron chi connectivity index (χ3n) is 2.62. The molecule has 0 aliphatic heterocycles. The average Bonchev–Trinajstić information content (AvgIpc) is 2.85. The minimum absolute atomic E-state index is 0.163. The summed E-state index contributed by atoms with van der Waals surface area (Å²) < 4.78 is 3.06. The zero-order valence-corrected chi connectivity index (χ0v) is 10.6. The summed E-state index contributed by atoms with van der Waals surface area (Å²) in [5.41, 5.74) is 7.00. The Labute approximate surface area is 106 Å². The molecular formula is C10H10N6OS. The van der Waals surface area contributed by atoms with Crippen molar-refractivity contribution < 1.29 is 0 Å². The first-order chi connectivity index (χ1) is 8.58. The van der Waals surface area contributed by atoms with Gasteiger partial charge in [-0.05, 0) is 6.92 Å². The maximum absolute atomic E-state index is 12.2. The fraction of sp³-hybridized carbons (Fsp3) is 0.200. The van der Waals surface area contributed by atoms with Crippen LogP contribution in [0.25, 0.3) is 16.2 Å². The van der Waals surface area contributed by atoms with Crippen molar-refractivity contribution in [1.29, 1.82) is 0 Å². The van der Waals surface area contributed by atoms with E-state index in [1.807, 2.05) is 6.92 Å². The van der Waals surface area contributed by atoms with Crippen LogP contribution in [0.3, 0.4) is 0 Å². The average molecular weight is 262 g/mol. The molecule has 7 nitrogen and oxygen atoms in total. The van der Waals surface area contributed by atoms with Gasteiger partial charge in [-0.3, -0.25) is 4.79 Å². The molecule has 0 spiro atoms. The molecule has 3 rings (SSSR count). The number of nitrogens with zero attached hydrogens (tertiary/aromatic N) is 5. The smallest absolute Gasteiger partial charge is 0.279 e. The molecule has 3 heterocycles. The van der Waals surface area contributed by atoms with Gasteiger partial charge in [0.15, 0.2) is 10.7 Å². The van der Waals surface area contributed by atoms with E-state index in [0.717, 1.165) is 5.01 Å². The largest absolute Gasteiger partial charge is 0.396 e. The maximum atomic E-state index is 12.2. The number of nitrogen functional groups attached to an aromatic ring is 1. The monoisotopic (exact) mass is 262 g/mol. The van der Waals surface area contributed by atoms with E-state index < -0.39 is 0 Å². The van der Waals surface area contributed by atoms with E-state index in [2.05, 4.69) is 15.2 Å². The summed E-state index contributed by atoms with van der Waals surface area (Å²) in [7, 11) is 1.66. The molecule has 0 aromatic carbocycles. The number of anilines is 1. The third-order valence-corrected chi connectivity index (χ3v) is 3.47. The van der Waals surface area contributed by atoms with Crippen LogP contribution in [-0.4, -0.2) is 24.4 Å². The Kier molecular flexibility index (Phi) is 2.20. The summed E-state index contributed by atoms with van der Waals surface area (Å²) in [5.74, 6) is 0. The topological polar surface area (TPSA) is 91.1 Å². The first-order valence-corrected chi connectivity index (χ1v) is 6.03. The van der Waals surface area contributed by atoms with Crippen LogP contribution in [0.2, 0.25) is 0 Å². The van der Waals surface area contributed by atoms with E-state index in [1.54, 1.807) is 17.8 Å². The molecular weight excluding hydrogens is 252 g/mol. The van der Waals surface area contributed by atoms with Crippen molar-refractivity contribution >= 4 is 22.7 Å². The van der Waals surface area contributed by atoms with Crippen LogP contribution >= 0.6 is 11.3 Å². The first kappa shape index (κ1) is 10.9. The Morgan fingerprint density at radius 3 is 2.83 bits per heavy atom. The highest BCUT2D eigenvalue weighted by Gasteiger charge is 2.18. The highest BCUT2D eigenvalue weighted by molar-refractivity contribution is 7.14. The molecule has 18 heavy (non-hydrogen) atoms. The molecule has 3 aromatic heterocycles. The Bertz CT molecular complexity index is 798. The SMILES string of the molecule is Cc1nnc(-c2c(=O)n(C)n3cc(N)cnc23)s1. The summed E-state index contributed by atoms with van der Waals surface area (Å²) in [6.07, 6.45) is 3.17. The van der Waals surface area contributed by atoms with Crippen LogP contribution in [0.5, 0.6) is 0 Å². The van der Waals surface area contributed by atoms with Gasteiger partial charge in [0, 0.05) is 7.05 Å².